The molecule has 3 heterocycles. The molecule has 1 saturated heterocycles. The fraction of sp³-hybridized carbons (Fsp3) is 0.333. The van der Waals surface area contributed by atoms with Crippen LogP contribution in [0.5, 0.6) is 0 Å². The minimum atomic E-state index is -5.08. The van der Waals surface area contributed by atoms with E-state index >= 15 is 0 Å². The molecule has 1 fully saturated rings. The average Bonchev–Trinajstić information content (AvgIpc) is 3.27. The minimum Gasteiger partial charge on any atom is -0.475 e. The van der Waals surface area contributed by atoms with Crippen LogP contribution in [0.3, 0.4) is 0 Å². The number of hydrogen-bond acceptors (Lipinski definition) is 5. The number of carbonyl (C=O) groups excluding carboxylic acids is 1. The van der Waals surface area contributed by atoms with E-state index in [1.165, 1.54) is 11.3 Å². The van der Waals surface area contributed by atoms with Crippen LogP contribution in [0.4, 0.5) is 32.0 Å². The Morgan fingerprint density at radius 3 is 1.74 bits per heavy atom. The van der Waals surface area contributed by atoms with Crippen molar-refractivity contribution in [3.63, 3.8) is 0 Å². The highest BCUT2D eigenvalue weighted by molar-refractivity contribution is 5.93. The lowest BCUT2D eigenvalue weighted by molar-refractivity contribution is -0.193. The Balaban J connectivity index is 0.000000317. The van der Waals surface area contributed by atoms with Gasteiger partial charge in [0, 0.05) is 44.3 Å². The minimum absolute atomic E-state index is 0.0184. The van der Waals surface area contributed by atoms with Gasteiger partial charge in [-0.15, -0.1) is 0 Å². The topological polar surface area (TPSA) is 115 Å². The number of carbonyl (C=O) groups is 3. The van der Waals surface area contributed by atoms with E-state index in [9.17, 15) is 31.1 Å². The molecule has 9 nitrogen and oxygen atoms in total. The van der Waals surface area contributed by atoms with Crippen molar-refractivity contribution in [2.45, 2.75) is 26.2 Å². The SMILES string of the molecule is Cc1ccc(N2CCN(C(=O)c3cn4ccc(C)cc4n3)CC2)cc1.O=C(O)C(F)(F)F.O=C(O)C(F)(F)F. The number of aryl methyl sites for hydroxylation is 2. The number of anilines is 1. The highest BCUT2D eigenvalue weighted by Crippen LogP contribution is 2.18. The maximum absolute atomic E-state index is 12.8. The fourth-order valence-corrected chi connectivity index (χ4v) is 3.27. The van der Waals surface area contributed by atoms with E-state index in [2.05, 4.69) is 41.1 Å². The maximum atomic E-state index is 12.8. The summed E-state index contributed by atoms with van der Waals surface area (Å²) in [5.74, 6) is -5.50. The van der Waals surface area contributed by atoms with Crippen molar-refractivity contribution in [1.29, 1.82) is 0 Å². The molecule has 212 valence electrons. The number of halogens is 6. The summed E-state index contributed by atoms with van der Waals surface area (Å²) >= 11 is 0. The van der Waals surface area contributed by atoms with Crippen LogP contribution in [-0.2, 0) is 9.59 Å². The van der Waals surface area contributed by atoms with E-state index in [0.717, 1.165) is 37.4 Å². The van der Waals surface area contributed by atoms with Crippen molar-refractivity contribution in [2.24, 2.45) is 0 Å². The average molecular weight is 562 g/mol. The van der Waals surface area contributed by atoms with Gasteiger partial charge < -0.3 is 24.4 Å². The number of aliphatic carboxylic acids is 2. The predicted molar refractivity (Wildman–Crippen MR) is 127 cm³/mol. The number of pyridine rings is 1. The molecule has 0 aliphatic carbocycles. The smallest absolute Gasteiger partial charge is 0.475 e. The summed E-state index contributed by atoms with van der Waals surface area (Å²) in [5.41, 5.74) is 4.97. The van der Waals surface area contributed by atoms with Crippen LogP contribution in [0.2, 0.25) is 0 Å². The summed E-state index contributed by atoms with van der Waals surface area (Å²) in [4.78, 5) is 39.3. The summed E-state index contributed by atoms with van der Waals surface area (Å²) in [6.07, 6.45) is -6.40. The third-order valence-electron chi connectivity index (χ3n) is 5.29. The van der Waals surface area contributed by atoms with Gasteiger partial charge in [0.1, 0.15) is 11.3 Å². The zero-order valence-electron chi connectivity index (χ0n) is 20.6. The summed E-state index contributed by atoms with van der Waals surface area (Å²) in [6.45, 7) is 7.26. The van der Waals surface area contributed by atoms with Gasteiger partial charge in [-0.1, -0.05) is 17.7 Å². The Morgan fingerprint density at radius 2 is 1.28 bits per heavy atom. The second kappa shape index (κ2) is 12.5. The number of fused-ring (bicyclic) bond motifs is 1. The van der Waals surface area contributed by atoms with Crippen LogP contribution >= 0.6 is 0 Å². The maximum Gasteiger partial charge on any atom is 0.490 e. The van der Waals surface area contributed by atoms with E-state index in [4.69, 9.17) is 19.8 Å². The normalized spacial score (nSPS) is 13.6. The highest BCUT2D eigenvalue weighted by atomic mass is 19.4. The first-order valence-electron chi connectivity index (χ1n) is 11.2. The van der Waals surface area contributed by atoms with Gasteiger partial charge in [0.15, 0.2) is 0 Å². The molecule has 1 aliphatic heterocycles. The molecule has 0 atom stereocenters. The highest BCUT2D eigenvalue weighted by Gasteiger charge is 2.38. The van der Waals surface area contributed by atoms with Crippen molar-refractivity contribution in [2.75, 3.05) is 31.1 Å². The molecule has 1 aliphatic rings. The molecule has 2 N–H and O–H groups in total. The lowest BCUT2D eigenvalue weighted by atomic mass is 10.2. The van der Waals surface area contributed by atoms with Gasteiger partial charge in [-0.2, -0.15) is 26.3 Å². The molecule has 4 rings (SSSR count). The summed E-state index contributed by atoms with van der Waals surface area (Å²) in [5, 5.41) is 14.2. The Labute approximate surface area is 217 Å². The number of amides is 1. The number of imidazole rings is 1. The van der Waals surface area contributed by atoms with E-state index < -0.39 is 24.3 Å². The number of benzene rings is 1. The third-order valence-corrected chi connectivity index (χ3v) is 5.29. The van der Waals surface area contributed by atoms with Crippen LogP contribution in [-0.4, -0.2) is 80.9 Å². The number of aromatic nitrogens is 2. The molecule has 1 aromatic carbocycles. The Kier molecular flexibility index (Phi) is 9.91. The van der Waals surface area contributed by atoms with Crippen molar-refractivity contribution < 1.29 is 50.9 Å². The molecular formula is C24H24F6N4O5. The molecule has 0 unspecified atom stereocenters. The molecule has 0 saturated carbocycles. The standard InChI is InChI=1S/C20H22N4O.2C2HF3O2/c1-15-3-5-17(6-4-15)22-9-11-23(12-10-22)20(25)18-14-24-8-7-16(2)13-19(24)21-18;2*3-2(4,5)1(6)7/h3-8,13-14H,9-12H2,1-2H3;2*(H,6,7). The molecule has 1 amide bonds. The lowest BCUT2D eigenvalue weighted by Crippen LogP contribution is -2.48. The summed E-state index contributed by atoms with van der Waals surface area (Å²) in [7, 11) is 0. The number of rotatable bonds is 2. The first kappa shape index (κ1) is 30.9. The van der Waals surface area contributed by atoms with E-state index in [-0.39, 0.29) is 5.91 Å². The zero-order chi connectivity index (χ0) is 29.5. The molecule has 39 heavy (non-hydrogen) atoms. The summed E-state index contributed by atoms with van der Waals surface area (Å²) in [6, 6.07) is 12.6. The number of nitrogens with zero attached hydrogens (tertiary/aromatic N) is 4. The van der Waals surface area contributed by atoms with Gasteiger partial charge in [0.25, 0.3) is 5.91 Å². The van der Waals surface area contributed by atoms with E-state index in [1.807, 2.05) is 40.8 Å². The molecule has 3 aromatic rings. The summed E-state index contributed by atoms with van der Waals surface area (Å²) < 4.78 is 65.4. The number of piperazine rings is 1. The van der Waals surface area contributed by atoms with Gasteiger partial charge >= 0.3 is 24.3 Å². The first-order chi connectivity index (χ1) is 18.0. The van der Waals surface area contributed by atoms with Crippen LogP contribution in [0, 0.1) is 13.8 Å². The van der Waals surface area contributed by atoms with Crippen LogP contribution in [0.25, 0.3) is 5.65 Å². The monoisotopic (exact) mass is 562 g/mol. The Hall–Kier alpha value is -4.30. The van der Waals surface area contributed by atoms with Crippen molar-refractivity contribution in [1.82, 2.24) is 14.3 Å². The second-order valence-corrected chi connectivity index (χ2v) is 8.32. The van der Waals surface area contributed by atoms with E-state index in [0.29, 0.717) is 5.69 Å². The van der Waals surface area contributed by atoms with Crippen molar-refractivity contribution in [3.05, 3.63) is 65.6 Å². The molecular weight excluding hydrogens is 538 g/mol. The number of carboxylic acids is 2. The molecule has 2 aromatic heterocycles. The molecule has 0 bridgehead atoms. The third kappa shape index (κ3) is 9.19. The van der Waals surface area contributed by atoms with Gasteiger partial charge in [-0.3, -0.25) is 4.79 Å². The van der Waals surface area contributed by atoms with Crippen molar-refractivity contribution in [3.8, 4) is 0 Å². The number of alkyl halides is 6. The Morgan fingerprint density at radius 1 is 0.795 bits per heavy atom. The Bertz CT molecular complexity index is 1270. The molecule has 0 spiro atoms. The molecule has 15 heteroatoms. The first-order valence-corrected chi connectivity index (χ1v) is 11.2. The van der Waals surface area contributed by atoms with Crippen LogP contribution in [0.1, 0.15) is 21.6 Å². The van der Waals surface area contributed by atoms with Crippen LogP contribution in [0.15, 0.2) is 48.8 Å². The van der Waals surface area contributed by atoms with Gasteiger partial charge in [-0.05, 0) is 43.7 Å². The molecule has 0 radical (unpaired) electrons. The number of carboxylic acid groups (broad SMARTS) is 2. The largest absolute Gasteiger partial charge is 0.490 e. The lowest BCUT2D eigenvalue weighted by Gasteiger charge is -2.35. The van der Waals surface area contributed by atoms with Gasteiger partial charge in [-0.25, -0.2) is 14.6 Å². The fourth-order valence-electron chi connectivity index (χ4n) is 3.27. The van der Waals surface area contributed by atoms with Crippen molar-refractivity contribution >= 4 is 29.2 Å². The number of hydrogen-bond donors (Lipinski definition) is 2. The van der Waals surface area contributed by atoms with Crippen LogP contribution < -0.4 is 4.90 Å². The van der Waals surface area contributed by atoms with Gasteiger partial charge in [0.2, 0.25) is 0 Å². The van der Waals surface area contributed by atoms with E-state index in [1.54, 1.807) is 0 Å². The predicted octanol–water partition coefficient (Wildman–Crippen LogP) is 4.18. The van der Waals surface area contributed by atoms with Gasteiger partial charge in [0.05, 0.1) is 0 Å². The second-order valence-electron chi connectivity index (χ2n) is 8.32. The zero-order valence-corrected chi connectivity index (χ0v) is 20.6. The quantitative estimate of drug-likeness (QED) is 0.451.